The number of ether oxygens (including phenoxy) is 2. The molecule has 3 heteroatoms. The van der Waals surface area contributed by atoms with Gasteiger partial charge in [-0.05, 0) is 52.9 Å². The average molecular weight is 362 g/mol. The van der Waals surface area contributed by atoms with Crippen molar-refractivity contribution in [1.82, 2.24) is 0 Å². The van der Waals surface area contributed by atoms with Crippen LogP contribution < -0.4 is 9.47 Å². The third-order valence-corrected chi connectivity index (χ3v) is 4.39. The summed E-state index contributed by atoms with van der Waals surface area (Å²) in [6.07, 6.45) is 2.22. The number of aliphatic hydroxyl groups is 1. The standard InChI is InChI=1S/C24H26O3/c1-2-3-17-26-23-12-8-21(9-13-23)19-4-6-20(7-5-19)22-10-14-24(15-11-22)27-18-16-25/h4-15,25H,2-3,16-18H2,1H3. The minimum absolute atomic E-state index is 0.0229. The Morgan fingerprint density at radius 3 is 1.33 bits per heavy atom. The van der Waals surface area contributed by atoms with Crippen molar-refractivity contribution in [2.75, 3.05) is 19.8 Å². The number of aliphatic hydroxyl groups excluding tert-OH is 1. The first-order chi connectivity index (χ1) is 13.3. The van der Waals surface area contributed by atoms with E-state index in [0.29, 0.717) is 6.61 Å². The van der Waals surface area contributed by atoms with Crippen molar-refractivity contribution in [3.8, 4) is 33.8 Å². The van der Waals surface area contributed by atoms with E-state index >= 15 is 0 Å². The van der Waals surface area contributed by atoms with Gasteiger partial charge in [0.25, 0.3) is 0 Å². The topological polar surface area (TPSA) is 38.7 Å². The molecule has 0 bridgehead atoms. The van der Waals surface area contributed by atoms with Gasteiger partial charge in [0.05, 0.1) is 13.2 Å². The largest absolute Gasteiger partial charge is 0.494 e. The molecule has 3 aromatic carbocycles. The maximum absolute atomic E-state index is 8.81. The fourth-order valence-corrected chi connectivity index (χ4v) is 2.84. The van der Waals surface area contributed by atoms with Gasteiger partial charge in [-0.25, -0.2) is 0 Å². The van der Waals surface area contributed by atoms with Crippen molar-refractivity contribution in [2.45, 2.75) is 19.8 Å². The Bertz CT molecular complexity index is 806. The van der Waals surface area contributed by atoms with Crippen molar-refractivity contribution < 1.29 is 14.6 Å². The first-order valence-corrected chi connectivity index (χ1v) is 9.47. The van der Waals surface area contributed by atoms with Gasteiger partial charge in [-0.2, -0.15) is 0 Å². The predicted molar refractivity (Wildman–Crippen MR) is 110 cm³/mol. The smallest absolute Gasteiger partial charge is 0.119 e. The highest BCUT2D eigenvalue weighted by Crippen LogP contribution is 2.27. The van der Waals surface area contributed by atoms with Crippen LogP contribution in [-0.2, 0) is 0 Å². The zero-order chi connectivity index (χ0) is 18.9. The zero-order valence-corrected chi connectivity index (χ0v) is 15.7. The van der Waals surface area contributed by atoms with Crippen LogP contribution in [0.1, 0.15) is 19.8 Å². The third kappa shape index (κ3) is 5.35. The molecule has 0 amide bonds. The van der Waals surface area contributed by atoms with E-state index in [-0.39, 0.29) is 6.61 Å². The molecule has 0 unspecified atom stereocenters. The van der Waals surface area contributed by atoms with Crippen LogP contribution in [0.25, 0.3) is 22.3 Å². The molecule has 3 rings (SSSR count). The molecule has 1 N–H and O–H groups in total. The molecule has 0 atom stereocenters. The van der Waals surface area contributed by atoms with Gasteiger partial charge in [0.2, 0.25) is 0 Å². The summed E-state index contributed by atoms with van der Waals surface area (Å²) >= 11 is 0. The Labute approximate surface area is 161 Å². The lowest BCUT2D eigenvalue weighted by Gasteiger charge is -2.08. The van der Waals surface area contributed by atoms with E-state index in [1.165, 1.54) is 11.1 Å². The molecule has 0 radical (unpaired) electrons. The molecule has 140 valence electrons. The van der Waals surface area contributed by atoms with Crippen LogP contribution in [0.5, 0.6) is 11.5 Å². The Morgan fingerprint density at radius 2 is 0.963 bits per heavy atom. The molecule has 3 nitrogen and oxygen atoms in total. The van der Waals surface area contributed by atoms with Crippen LogP contribution in [0.4, 0.5) is 0 Å². The van der Waals surface area contributed by atoms with Crippen LogP contribution in [0.3, 0.4) is 0 Å². The SMILES string of the molecule is CCCCOc1ccc(-c2ccc(-c3ccc(OCCO)cc3)cc2)cc1. The lowest BCUT2D eigenvalue weighted by Crippen LogP contribution is -2.01. The molecule has 0 aliphatic rings. The summed E-state index contributed by atoms with van der Waals surface area (Å²) in [5.74, 6) is 1.69. The lowest BCUT2D eigenvalue weighted by molar-refractivity contribution is 0.201. The number of hydrogen-bond acceptors (Lipinski definition) is 3. The highest BCUT2D eigenvalue weighted by atomic mass is 16.5. The normalized spacial score (nSPS) is 10.6. The van der Waals surface area contributed by atoms with E-state index in [2.05, 4.69) is 43.3 Å². The predicted octanol–water partition coefficient (Wildman–Crippen LogP) is 5.57. The van der Waals surface area contributed by atoms with Crippen LogP contribution in [0, 0.1) is 0 Å². The monoisotopic (exact) mass is 362 g/mol. The van der Waals surface area contributed by atoms with Crippen LogP contribution >= 0.6 is 0 Å². The van der Waals surface area contributed by atoms with Gasteiger partial charge in [-0.1, -0.05) is 61.9 Å². The Balaban J connectivity index is 1.66. The van der Waals surface area contributed by atoms with E-state index in [9.17, 15) is 0 Å². The van der Waals surface area contributed by atoms with Gasteiger partial charge in [0, 0.05) is 0 Å². The van der Waals surface area contributed by atoms with E-state index < -0.39 is 0 Å². The summed E-state index contributed by atoms with van der Waals surface area (Å²) in [4.78, 5) is 0. The van der Waals surface area contributed by atoms with Gasteiger partial charge in [0.15, 0.2) is 0 Å². The van der Waals surface area contributed by atoms with Crippen LogP contribution in [-0.4, -0.2) is 24.9 Å². The molecular weight excluding hydrogens is 336 g/mol. The molecule has 0 aromatic heterocycles. The van der Waals surface area contributed by atoms with Crippen molar-refractivity contribution >= 4 is 0 Å². The zero-order valence-electron chi connectivity index (χ0n) is 15.7. The van der Waals surface area contributed by atoms with Crippen molar-refractivity contribution in [2.24, 2.45) is 0 Å². The minimum atomic E-state index is 0.0229. The molecule has 27 heavy (non-hydrogen) atoms. The molecule has 3 aromatic rings. The fourth-order valence-electron chi connectivity index (χ4n) is 2.84. The van der Waals surface area contributed by atoms with Crippen molar-refractivity contribution in [1.29, 1.82) is 0 Å². The molecule has 0 saturated heterocycles. The second-order valence-corrected chi connectivity index (χ2v) is 6.40. The second kappa shape index (κ2) is 9.79. The van der Waals surface area contributed by atoms with Gasteiger partial charge in [0.1, 0.15) is 18.1 Å². The highest BCUT2D eigenvalue weighted by molar-refractivity contribution is 5.71. The van der Waals surface area contributed by atoms with E-state index in [4.69, 9.17) is 14.6 Å². The molecule has 0 aliphatic heterocycles. The third-order valence-electron chi connectivity index (χ3n) is 4.39. The Hall–Kier alpha value is -2.78. The van der Waals surface area contributed by atoms with Crippen molar-refractivity contribution in [3.63, 3.8) is 0 Å². The number of hydrogen-bond donors (Lipinski definition) is 1. The number of unbranched alkanes of at least 4 members (excludes halogenated alkanes) is 1. The first-order valence-electron chi connectivity index (χ1n) is 9.47. The quantitative estimate of drug-likeness (QED) is 0.506. The summed E-state index contributed by atoms with van der Waals surface area (Å²) in [6.45, 7) is 3.27. The summed E-state index contributed by atoms with van der Waals surface area (Å²) in [5, 5.41) is 8.81. The molecular formula is C24H26O3. The maximum Gasteiger partial charge on any atom is 0.119 e. The van der Waals surface area contributed by atoms with Gasteiger partial charge < -0.3 is 14.6 Å². The van der Waals surface area contributed by atoms with Gasteiger partial charge in [-0.15, -0.1) is 0 Å². The second-order valence-electron chi connectivity index (χ2n) is 6.40. The summed E-state index contributed by atoms with van der Waals surface area (Å²) in [7, 11) is 0. The highest BCUT2D eigenvalue weighted by Gasteiger charge is 2.02. The minimum Gasteiger partial charge on any atom is -0.494 e. The van der Waals surface area contributed by atoms with E-state index in [0.717, 1.165) is 42.1 Å². The molecule has 0 heterocycles. The van der Waals surface area contributed by atoms with Gasteiger partial charge in [-0.3, -0.25) is 0 Å². The first kappa shape index (κ1) is 19.0. The molecule has 0 aliphatic carbocycles. The number of rotatable bonds is 9. The maximum atomic E-state index is 8.81. The van der Waals surface area contributed by atoms with Crippen LogP contribution in [0.2, 0.25) is 0 Å². The average Bonchev–Trinajstić information content (AvgIpc) is 2.73. The Kier molecular flexibility index (Phi) is 6.89. The van der Waals surface area contributed by atoms with Crippen molar-refractivity contribution in [3.05, 3.63) is 72.8 Å². The van der Waals surface area contributed by atoms with E-state index in [1.807, 2.05) is 36.4 Å². The molecule has 0 spiro atoms. The summed E-state index contributed by atoms with van der Waals surface area (Å²) < 4.78 is 11.1. The Morgan fingerprint density at radius 1 is 0.593 bits per heavy atom. The fraction of sp³-hybridized carbons (Fsp3) is 0.250. The lowest BCUT2D eigenvalue weighted by atomic mass is 10.0. The summed E-state index contributed by atoms with van der Waals surface area (Å²) in [5.41, 5.74) is 4.66. The van der Waals surface area contributed by atoms with E-state index in [1.54, 1.807) is 0 Å². The molecule has 0 fully saturated rings. The number of benzene rings is 3. The van der Waals surface area contributed by atoms with Gasteiger partial charge >= 0.3 is 0 Å². The van der Waals surface area contributed by atoms with Crippen LogP contribution in [0.15, 0.2) is 72.8 Å². The molecule has 0 saturated carbocycles. The summed E-state index contributed by atoms with van der Waals surface area (Å²) in [6, 6.07) is 24.7.